The first-order valence-electron chi connectivity index (χ1n) is 6.16. The fraction of sp³-hybridized carbons (Fsp3) is 0.286. The average Bonchev–Trinajstić information content (AvgIpc) is 2.47. The first kappa shape index (κ1) is 14.4. The largest absolute Gasteiger partial charge is 0.493 e. The van der Waals surface area contributed by atoms with Crippen LogP contribution in [0, 0.1) is 0 Å². The van der Waals surface area contributed by atoms with Gasteiger partial charge in [-0.25, -0.2) is 0 Å². The number of hydrogen-bond acceptors (Lipinski definition) is 5. The summed E-state index contributed by atoms with van der Waals surface area (Å²) in [6.07, 6.45) is 2.49. The molecule has 0 aliphatic carbocycles. The Hall–Kier alpha value is -2.01. The molecule has 0 saturated heterocycles. The van der Waals surface area contributed by atoms with Crippen LogP contribution in [0.5, 0.6) is 11.5 Å². The molecule has 0 amide bonds. The van der Waals surface area contributed by atoms with E-state index in [2.05, 4.69) is 15.5 Å². The summed E-state index contributed by atoms with van der Waals surface area (Å²) < 4.78 is 10.5. The highest BCUT2D eigenvalue weighted by atomic mass is 35.5. The van der Waals surface area contributed by atoms with Gasteiger partial charge in [0.1, 0.15) is 0 Å². The van der Waals surface area contributed by atoms with Gasteiger partial charge < -0.3 is 14.8 Å². The molecule has 0 saturated carbocycles. The van der Waals surface area contributed by atoms with Gasteiger partial charge in [-0.1, -0.05) is 17.7 Å². The highest BCUT2D eigenvalue weighted by Crippen LogP contribution is 2.27. The second kappa shape index (κ2) is 6.96. The lowest BCUT2D eigenvalue weighted by atomic mass is 10.1. The number of ether oxygens (including phenoxy) is 2. The zero-order chi connectivity index (χ0) is 14.4. The molecule has 1 aromatic heterocycles. The second-order valence-electron chi connectivity index (χ2n) is 4.13. The molecular weight excluding hydrogens is 278 g/mol. The van der Waals surface area contributed by atoms with E-state index >= 15 is 0 Å². The normalized spacial score (nSPS) is 10.2. The number of methoxy groups -OCH3 is 2. The molecule has 6 heteroatoms. The standard InChI is InChI=1S/C14H16ClN3O2/c1-19-12-4-3-10(7-13(12)20-2)5-6-16-11-8-14(15)18-17-9-11/h3-4,7-9H,5-6H2,1-2H3,(H,16,18). The number of nitrogens with zero attached hydrogens (tertiary/aromatic N) is 2. The van der Waals surface area contributed by atoms with Crippen LogP contribution < -0.4 is 14.8 Å². The van der Waals surface area contributed by atoms with Crippen LogP contribution >= 0.6 is 11.6 Å². The Kier molecular flexibility index (Phi) is 5.01. The van der Waals surface area contributed by atoms with Crippen molar-refractivity contribution in [3.05, 3.63) is 41.2 Å². The Labute approximate surface area is 122 Å². The van der Waals surface area contributed by atoms with Crippen LogP contribution in [0.15, 0.2) is 30.5 Å². The summed E-state index contributed by atoms with van der Waals surface area (Å²) >= 11 is 5.77. The van der Waals surface area contributed by atoms with Crippen molar-refractivity contribution in [1.82, 2.24) is 10.2 Å². The second-order valence-corrected chi connectivity index (χ2v) is 4.52. The number of rotatable bonds is 6. The topological polar surface area (TPSA) is 56.3 Å². The molecule has 0 bridgehead atoms. The minimum atomic E-state index is 0.376. The van der Waals surface area contributed by atoms with E-state index in [0.717, 1.165) is 35.7 Å². The molecule has 0 radical (unpaired) electrons. The highest BCUT2D eigenvalue weighted by molar-refractivity contribution is 6.29. The lowest BCUT2D eigenvalue weighted by Crippen LogP contribution is -2.05. The molecule has 2 rings (SSSR count). The van der Waals surface area contributed by atoms with Gasteiger partial charge in [0.25, 0.3) is 0 Å². The predicted molar refractivity (Wildman–Crippen MR) is 78.8 cm³/mol. The van der Waals surface area contributed by atoms with Gasteiger partial charge in [-0.3, -0.25) is 0 Å². The minimum absolute atomic E-state index is 0.376. The Morgan fingerprint density at radius 2 is 1.95 bits per heavy atom. The van der Waals surface area contributed by atoms with Gasteiger partial charge in [-0.2, -0.15) is 5.10 Å². The van der Waals surface area contributed by atoms with Crippen LogP contribution in [-0.4, -0.2) is 31.0 Å². The van der Waals surface area contributed by atoms with Gasteiger partial charge in [0.15, 0.2) is 16.7 Å². The van der Waals surface area contributed by atoms with Crippen molar-refractivity contribution in [1.29, 1.82) is 0 Å². The Bertz CT molecular complexity index is 578. The van der Waals surface area contributed by atoms with E-state index in [-0.39, 0.29) is 0 Å². The minimum Gasteiger partial charge on any atom is -0.493 e. The molecule has 5 nitrogen and oxygen atoms in total. The summed E-state index contributed by atoms with van der Waals surface area (Å²) in [6, 6.07) is 7.63. The van der Waals surface area contributed by atoms with Gasteiger partial charge in [-0.05, 0) is 24.1 Å². The van der Waals surface area contributed by atoms with E-state index in [1.807, 2.05) is 18.2 Å². The molecule has 0 aliphatic heterocycles. The van der Waals surface area contributed by atoms with Gasteiger partial charge >= 0.3 is 0 Å². The zero-order valence-electron chi connectivity index (χ0n) is 11.4. The number of anilines is 1. The highest BCUT2D eigenvalue weighted by Gasteiger charge is 2.04. The molecule has 20 heavy (non-hydrogen) atoms. The van der Waals surface area contributed by atoms with Crippen molar-refractivity contribution in [2.75, 3.05) is 26.1 Å². The summed E-state index contributed by atoms with van der Waals surface area (Å²) in [7, 11) is 3.25. The molecule has 0 aliphatic rings. The van der Waals surface area contributed by atoms with Crippen molar-refractivity contribution in [2.45, 2.75) is 6.42 Å². The monoisotopic (exact) mass is 293 g/mol. The maximum atomic E-state index is 5.77. The fourth-order valence-corrected chi connectivity index (χ4v) is 1.99. The summed E-state index contributed by atoms with van der Waals surface area (Å²) in [6.45, 7) is 0.761. The third kappa shape index (κ3) is 3.74. The van der Waals surface area contributed by atoms with Crippen molar-refractivity contribution in [3.8, 4) is 11.5 Å². The van der Waals surface area contributed by atoms with Crippen molar-refractivity contribution < 1.29 is 9.47 Å². The lowest BCUT2D eigenvalue weighted by molar-refractivity contribution is 0.354. The quantitative estimate of drug-likeness (QED) is 0.887. The third-order valence-corrected chi connectivity index (χ3v) is 3.00. The molecule has 106 valence electrons. The Morgan fingerprint density at radius 3 is 2.65 bits per heavy atom. The SMILES string of the molecule is COc1ccc(CCNc2cnnc(Cl)c2)cc1OC. The van der Waals surface area contributed by atoms with Crippen LogP contribution in [0.2, 0.25) is 5.15 Å². The summed E-state index contributed by atoms with van der Waals surface area (Å²) in [5.41, 5.74) is 2.01. The van der Waals surface area contributed by atoms with E-state index in [4.69, 9.17) is 21.1 Å². The molecule has 1 heterocycles. The van der Waals surface area contributed by atoms with Crippen LogP contribution in [0.1, 0.15) is 5.56 Å². The number of nitrogens with one attached hydrogen (secondary N) is 1. The molecule has 1 N–H and O–H groups in total. The van der Waals surface area contributed by atoms with Gasteiger partial charge in [-0.15, -0.1) is 5.10 Å². The van der Waals surface area contributed by atoms with Crippen molar-refractivity contribution in [3.63, 3.8) is 0 Å². The summed E-state index contributed by atoms with van der Waals surface area (Å²) in [4.78, 5) is 0. The molecule has 0 atom stereocenters. The van der Waals surface area contributed by atoms with Crippen LogP contribution in [-0.2, 0) is 6.42 Å². The van der Waals surface area contributed by atoms with Gasteiger partial charge in [0.2, 0.25) is 0 Å². The summed E-state index contributed by atoms with van der Waals surface area (Å²) in [5.74, 6) is 1.47. The Morgan fingerprint density at radius 1 is 1.15 bits per heavy atom. The number of halogens is 1. The molecule has 0 fully saturated rings. The molecule has 0 unspecified atom stereocenters. The van der Waals surface area contributed by atoms with E-state index in [0.29, 0.717) is 5.15 Å². The van der Waals surface area contributed by atoms with E-state index in [1.165, 1.54) is 0 Å². The third-order valence-electron chi connectivity index (χ3n) is 2.82. The van der Waals surface area contributed by atoms with Crippen LogP contribution in [0.25, 0.3) is 0 Å². The fourth-order valence-electron chi connectivity index (χ4n) is 1.82. The number of benzene rings is 1. The summed E-state index contributed by atoms with van der Waals surface area (Å²) in [5, 5.41) is 11.1. The molecule has 1 aromatic carbocycles. The van der Waals surface area contributed by atoms with Crippen LogP contribution in [0.4, 0.5) is 5.69 Å². The van der Waals surface area contributed by atoms with Gasteiger partial charge in [0, 0.05) is 12.6 Å². The predicted octanol–water partition coefficient (Wildman–Crippen LogP) is 2.80. The lowest BCUT2D eigenvalue weighted by Gasteiger charge is -2.10. The molecule has 0 spiro atoms. The van der Waals surface area contributed by atoms with Crippen molar-refractivity contribution in [2.24, 2.45) is 0 Å². The Balaban J connectivity index is 1.94. The maximum Gasteiger partial charge on any atom is 0.160 e. The molecular formula is C14H16ClN3O2. The average molecular weight is 294 g/mol. The van der Waals surface area contributed by atoms with E-state index < -0.39 is 0 Å². The first-order chi connectivity index (χ1) is 9.72. The van der Waals surface area contributed by atoms with E-state index in [9.17, 15) is 0 Å². The molecule has 2 aromatic rings. The van der Waals surface area contributed by atoms with Gasteiger partial charge in [0.05, 0.1) is 26.1 Å². The zero-order valence-corrected chi connectivity index (χ0v) is 12.1. The van der Waals surface area contributed by atoms with E-state index in [1.54, 1.807) is 26.5 Å². The maximum absolute atomic E-state index is 5.77. The van der Waals surface area contributed by atoms with Crippen molar-refractivity contribution >= 4 is 17.3 Å². The first-order valence-corrected chi connectivity index (χ1v) is 6.53. The smallest absolute Gasteiger partial charge is 0.160 e. The number of hydrogen-bond donors (Lipinski definition) is 1. The number of aromatic nitrogens is 2. The van der Waals surface area contributed by atoms with Crippen LogP contribution in [0.3, 0.4) is 0 Å².